The van der Waals surface area contributed by atoms with Crippen molar-refractivity contribution in [2.75, 3.05) is 6.61 Å². The molecule has 5 nitrogen and oxygen atoms in total. The summed E-state index contributed by atoms with van der Waals surface area (Å²) in [6, 6.07) is 27.0. The van der Waals surface area contributed by atoms with Gasteiger partial charge in [0.1, 0.15) is 11.5 Å². The highest BCUT2D eigenvalue weighted by Gasteiger charge is 2.22. The highest BCUT2D eigenvalue weighted by atomic mass is 16.5. The summed E-state index contributed by atoms with van der Waals surface area (Å²) in [6.07, 6.45) is 0.435. The summed E-state index contributed by atoms with van der Waals surface area (Å²) in [6.45, 7) is 1.61. The van der Waals surface area contributed by atoms with Crippen molar-refractivity contribution >= 4 is 22.5 Å². The Balaban J connectivity index is 1.57. The second kappa shape index (κ2) is 10.0. The molecule has 2 N–H and O–H groups in total. The minimum atomic E-state index is -0.557. The molecule has 0 bridgehead atoms. The number of nitrogens with one attached hydrogen (secondary N) is 1. The zero-order chi connectivity index (χ0) is 23.2. The molecule has 0 spiro atoms. The Bertz CT molecular complexity index is 1270. The number of aromatic hydroxyl groups is 1. The highest BCUT2D eigenvalue weighted by Crippen LogP contribution is 2.35. The number of ether oxygens (including phenoxy) is 1. The number of Topliss-reactive ketones (excluding diaryl/α,β-unsaturated/α-hetero) is 1. The number of hydrogen-bond acceptors (Lipinski definition) is 4. The molecule has 1 unspecified atom stereocenters. The summed E-state index contributed by atoms with van der Waals surface area (Å²) in [5, 5.41) is 15.6. The van der Waals surface area contributed by atoms with Gasteiger partial charge in [-0.15, -0.1) is 0 Å². The van der Waals surface area contributed by atoms with Crippen LogP contribution in [0.5, 0.6) is 11.5 Å². The van der Waals surface area contributed by atoms with E-state index in [2.05, 4.69) is 5.32 Å². The molecule has 0 fully saturated rings. The second-order valence-corrected chi connectivity index (χ2v) is 7.72. The number of benzene rings is 4. The van der Waals surface area contributed by atoms with Crippen LogP contribution in [0.25, 0.3) is 10.8 Å². The first kappa shape index (κ1) is 22.1. The number of amides is 1. The molecule has 0 saturated heterocycles. The third-order valence-electron chi connectivity index (χ3n) is 5.54. The number of ketones is 1. The van der Waals surface area contributed by atoms with Gasteiger partial charge in [-0.05, 0) is 46.7 Å². The van der Waals surface area contributed by atoms with Crippen LogP contribution in [0.2, 0.25) is 0 Å². The number of phenols is 1. The van der Waals surface area contributed by atoms with E-state index in [0.29, 0.717) is 23.3 Å². The maximum Gasteiger partial charge on any atom is 0.258 e. The monoisotopic (exact) mass is 439 g/mol. The average Bonchev–Trinajstić information content (AvgIpc) is 2.86. The van der Waals surface area contributed by atoms with Crippen molar-refractivity contribution in [3.8, 4) is 11.5 Å². The molecule has 166 valence electrons. The van der Waals surface area contributed by atoms with Crippen LogP contribution < -0.4 is 10.1 Å². The summed E-state index contributed by atoms with van der Waals surface area (Å²) in [5.41, 5.74) is 2.10. The van der Waals surface area contributed by atoms with Gasteiger partial charge < -0.3 is 15.2 Å². The van der Waals surface area contributed by atoms with Crippen LogP contribution >= 0.6 is 0 Å². The quantitative estimate of drug-likeness (QED) is 0.359. The molecule has 0 aliphatic heterocycles. The van der Waals surface area contributed by atoms with E-state index in [1.807, 2.05) is 67.6 Å². The first-order chi connectivity index (χ1) is 16.1. The van der Waals surface area contributed by atoms with Crippen molar-refractivity contribution in [3.63, 3.8) is 0 Å². The summed E-state index contributed by atoms with van der Waals surface area (Å²) in [7, 11) is 0. The van der Waals surface area contributed by atoms with Gasteiger partial charge in [0.25, 0.3) is 5.91 Å². The predicted octanol–water partition coefficient (Wildman–Crippen LogP) is 5.42. The van der Waals surface area contributed by atoms with Crippen molar-refractivity contribution in [3.05, 3.63) is 108 Å². The van der Waals surface area contributed by atoms with Gasteiger partial charge in [0, 0.05) is 17.5 Å². The standard InChI is InChI=1S/C28H25NO4/c1-2-24(30)20-12-15-22(16-13-20)33-18-26(32)29-28(21-9-4-3-5-10-21)27-23-11-7-6-8-19(23)14-17-25(27)31/h3-17,28,31H,2,18H2,1H3,(H,29,32). The topological polar surface area (TPSA) is 75.6 Å². The van der Waals surface area contributed by atoms with Crippen LogP contribution in [0, 0.1) is 0 Å². The Morgan fingerprint density at radius 3 is 2.30 bits per heavy atom. The van der Waals surface area contributed by atoms with Gasteiger partial charge in [-0.25, -0.2) is 0 Å². The van der Waals surface area contributed by atoms with Gasteiger partial charge in [-0.1, -0.05) is 67.6 Å². The summed E-state index contributed by atoms with van der Waals surface area (Å²) in [4.78, 5) is 24.6. The van der Waals surface area contributed by atoms with Crippen molar-refractivity contribution in [2.45, 2.75) is 19.4 Å². The van der Waals surface area contributed by atoms with E-state index in [4.69, 9.17) is 4.74 Å². The fraction of sp³-hybridized carbons (Fsp3) is 0.143. The van der Waals surface area contributed by atoms with Gasteiger partial charge in [-0.3, -0.25) is 9.59 Å². The lowest BCUT2D eigenvalue weighted by atomic mass is 9.92. The molecule has 4 aromatic carbocycles. The Morgan fingerprint density at radius 1 is 0.879 bits per heavy atom. The van der Waals surface area contributed by atoms with E-state index in [1.54, 1.807) is 30.3 Å². The van der Waals surface area contributed by atoms with Crippen LogP contribution in [0.4, 0.5) is 0 Å². The number of carbonyl (C=O) groups is 2. The molecule has 0 radical (unpaired) electrons. The third kappa shape index (κ3) is 5.04. The van der Waals surface area contributed by atoms with E-state index in [9.17, 15) is 14.7 Å². The van der Waals surface area contributed by atoms with Crippen LogP contribution in [0.15, 0.2) is 91.0 Å². The molecule has 4 rings (SSSR count). The number of carbonyl (C=O) groups excluding carboxylic acids is 2. The molecule has 5 heteroatoms. The summed E-state index contributed by atoms with van der Waals surface area (Å²) >= 11 is 0. The molecular weight excluding hydrogens is 414 g/mol. The average molecular weight is 440 g/mol. The smallest absolute Gasteiger partial charge is 0.258 e. The van der Waals surface area contributed by atoms with Crippen LogP contribution in [-0.2, 0) is 4.79 Å². The van der Waals surface area contributed by atoms with E-state index >= 15 is 0 Å². The van der Waals surface area contributed by atoms with E-state index in [0.717, 1.165) is 16.3 Å². The first-order valence-electron chi connectivity index (χ1n) is 10.9. The first-order valence-corrected chi connectivity index (χ1v) is 10.9. The molecule has 1 atom stereocenters. The van der Waals surface area contributed by atoms with Gasteiger partial charge >= 0.3 is 0 Å². The molecule has 1 amide bonds. The Kier molecular flexibility index (Phi) is 6.69. The summed E-state index contributed by atoms with van der Waals surface area (Å²) in [5.74, 6) is 0.340. The third-order valence-corrected chi connectivity index (χ3v) is 5.54. The zero-order valence-corrected chi connectivity index (χ0v) is 18.3. The molecule has 0 saturated carbocycles. The number of rotatable bonds is 8. The Labute approximate surface area is 192 Å². The Hall–Kier alpha value is -4.12. The second-order valence-electron chi connectivity index (χ2n) is 7.72. The van der Waals surface area contributed by atoms with Crippen LogP contribution in [0.3, 0.4) is 0 Å². The minimum Gasteiger partial charge on any atom is -0.508 e. The minimum absolute atomic E-state index is 0.0555. The maximum atomic E-state index is 12.9. The molecule has 0 aliphatic rings. The lowest BCUT2D eigenvalue weighted by Gasteiger charge is -2.22. The van der Waals surface area contributed by atoms with Crippen molar-refractivity contribution < 1.29 is 19.4 Å². The van der Waals surface area contributed by atoms with E-state index < -0.39 is 6.04 Å². The van der Waals surface area contributed by atoms with Gasteiger partial charge in [0.2, 0.25) is 0 Å². The maximum absolute atomic E-state index is 12.9. The number of fused-ring (bicyclic) bond motifs is 1. The number of hydrogen-bond donors (Lipinski definition) is 2. The van der Waals surface area contributed by atoms with Crippen LogP contribution in [0.1, 0.15) is 40.9 Å². The predicted molar refractivity (Wildman–Crippen MR) is 129 cm³/mol. The molecule has 0 aliphatic carbocycles. The van der Waals surface area contributed by atoms with Crippen molar-refractivity contribution in [2.24, 2.45) is 0 Å². The summed E-state index contributed by atoms with van der Waals surface area (Å²) < 4.78 is 5.64. The lowest BCUT2D eigenvalue weighted by Crippen LogP contribution is -2.33. The number of phenolic OH excluding ortho intramolecular Hbond substituents is 1. The Morgan fingerprint density at radius 2 is 1.58 bits per heavy atom. The highest BCUT2D eigenvalue weighted by molar-refractivity contribution is 5.96. The van der Waals surface area contributed by atoms with E-state index in [-0.39, 0.29) is 24.0 Å². The van der Waals surface area contributed by atoms with Gasteiger partial charge in [0.05, 0.1) is 6.04 Å². The largest absolute Gasteiger partial charge is 0.508 e. The van der Waals surface area contributed by atoms with Crippen molar-refractivity contribution in [1.82, 2.24) is 5.32 Å². The normalized spacial score (nSPS) is 11.7. The SMILES string of the molecule is CCC(=O)c1ccc(OCC(=O)NC(c2ccccc2)c2c(O)ccc3ccccc23)cc1. The molecule has 4 aromatic rings. The molecule has 33 heavy (non-hydrogen) atoms. The fourth-order valence-electron chi connectivity index (χ4n) is 3.85. The fourth-order valence-corrected chi connectivity index (χ4v) is 3.85. The molecule has 0 heterocycles. The van der Waals surface area contributed by atoms with Crippen LogP contribution in [-0.4, -0.2) is 23.4 Å². The lowest BCUT2D eigenvalue weighted by molar-refractivity contribution is -0.123. The van der Waals surface area contributed by atoms with E-state index in [1.165, 1.54) is 0 Å². The van der Waals surface area contributed by atoms with Gasteiger partial charge in [0.15, 0.2) is 12.4 Å². The molecule has 0 aromatic heterocycles. The molecular formula is C28H25NO4. The zero-order valence-electron chi connectivity index (χ0n) is 18.3. The van der Waals surface area contributed by atoms with Gasteiger partial charge in [-0.2, -0.15) is 0 Å². The van der Waals surface area contributed by atoms with Crippen molar-refractivity contribution in [1.29, 1.82) is 0 Å².